The third kappa shape index (κ3) is 3.24. The Balaban J connectivity index is 1.38. The number of benzene rings is 3. The zero-order chi connectivity index (χ0) is 24.7. The largest absolute Gasteiger partial charge is 0.494 e. The van der Waals surface area contributed by atoms with E-state index in [1.807, 2.05) is 0 Å². The van der Waals surface area contributed by atoms with Gasteiger partial charge in [-0.15, -0.1) is 0 Å². The summed E-state index contributed by atoms with van der Waals surface area (Å²) >= 11 is 1.79. The summed E-state index contributed by atoms with van der Waals surface area (Å²) in [5.74, 6) is 0.986. The SMILES string of the molecule is CC1(C)OB(c2ccc3c(c2)Sc2ccccc2N3c2cccc3c4c(oc23)C=CCC4)OC1(C)C. The van der Waals surface area contributed by atoms with Gasteiger partial charge < -0.3 is 18.6 Å². The average Bonchev–Trinajstić information content (AvgIpc) is 3.35. The molecular formula is C30H28BNO3S. The molecule has 3 aromatic carbocycles. The minimum absolute atomic E-state index is 0.373. The van der Waals surface area contributed by atoms with Crippen LogP contribution in [-0.2, 0) is 15.7 Å². The van der Waals surface area contributed by atoms with Crippen LogP contribution in [-0.4, -0.2) is 18.3 Å². The maximum absolute atomic E-state index is 6.48. The topological polar surface area (TPSA) is 34.8 Å². The lowest BCUT2D eigenvalue weighted by molar-refractivity contribution is 0.00578. The number of nitrogens with zero attached hydrogens (tertiary/aromatic N) is 1. The van der Waals surface area contributed by atoms with Gasteiger partial charge in [-0.2, -0.15) is 0 Å². The van der Waals surface area contributed by atoms with Crippen LogP contribution in [0.25, 0.3) is 17.0 Å². The van der Waals surface area contributed by atoms with Crippen molar-refractivity contribution >= 4 is 58.5 Å². The molecule has 1 aliphatic carbocycles. The molecule has 0 N–H and O–H groups in total. The highest BCUT2D eigenvalue weighted by molar-refractivity contribution is 7.99. The first-order valence-corrected chi connectivity index (χ1v) is 13.4. The van der Waals surface area contributed by atoms with Gasteiger partial charge in [-0.1, -0.05) is 48.2 Å². The molecule has 0 unspecified atom stereocenters. The second kappa shape index (κ2) is 7.79. The minimum atomic E-state index is -0.390. The van der Waals surface area contributed by atoms with Gasteiger partial charge in [0.2, 0.25) is 0 Å². The van der Waals surface area contributed by atoms with Gasteiger partial charge >= 0.3 is 7.12 Å². The Morgan fingerprint density at radius 1 is 0.833 bits per heavy atom. The van der Waals surface area contributed by atoms with E-state index in [1.54, 1.807) is 11.8 Å². The molecule has 180 valence electrons. The summed E-state index contributed by atoms with van der Waals surface area (Å²) in [6.45, 7) is 8.38. The normalized spacial score (nSPS) is 19.3. The molecular weight excluding hydrogens is 465 g/mol. The van der Waals surface area contributed by atoms with Crippen molar-refractivity contribution in [3.8, 4) is 0 Å². The predicted molar refractivity (Wildman–Crippen MR) is 148 cm³/mol. The number of furan rings is 1. The highest BCUT2D eigenvalue weighted by Gasteiger charge is 2.51. The second-order valence-corrected chi connectivity index (χ2v) is 11.8. The van der Waals surface area contributed by atoms with E-state index in [0.717, 1.165) is 46.7 Å². The number of hydrogen-bond acceptors (Lipinski definition) is 5. The van der Waals surface area contributed by atoms with Crippen molar-refractivity contribution in [3.05, 3.63) is 78.1 Å². The number of anilines is 3. The molecule has 2 aliphatic heterocycles. The zero-order valence-electron chi connectivity index (χ0n) is 21.0. The fourth-order valence-corrected chi connectivity index (χ4v) is 6.43. The summed E-state index contributed by atoms with van der Waals surface area (Å²) in [5, 5.41) is 1.21. The molecule has 3 aliphatic rings. The molecule has 0 bridgehead atoms. The van der Waals surface area contributed by atoms with Gasteiger partial charge in [0.1, 0.15) is 5.76 Å². The highest BCUT2D eigenvalue weighted by Crippen LogP contribution is 2.53. The van der Waals surface area contributed by atoms with E-state index >= 15 is 0 Å². The van der Waals surface area contributed by atoms with Gasteiger partial charge in [-0.25, -0.2) is 0 Å². The molecule has 7 rings (SSSR count). The molecule has 6 heteroatoms. The lowest BCUT2D eigenvalue weighted by atomic mass is 9.79. The summed E-state index contributed by atoms with van der Waals surface area (Å²) in [5.41, 5.74) is 5.90. The smallest absolute Gasteiger partial charge is 0.454 e. The Hall–Kier alpha value is -2.93. The van der Waals surface area contributed by atoms with Crippen LogP contribution >= 0.6 is 11.8 Å². The third-order valence-electron chi connectivity index (χ3n) is 7.98. The number of rotatable bonds is 2. The summed E-state index contributed by atoms with van der Waals surface area (Å²) in [7, 11) is -0.390. The molecule has 0 amide bonds. The molecule has 1 fully saturated rings. The molecule has 4 nitrogen and oxygen atoms in total. The van der Waals surface area contributed by atoms with E-state index in [9.17, 15) is 0 Å². The van der Waals surface area contributed by atoms with Gasteiger partial charge in [-0.3, -0.25) is 0 Å². The third-order valence-corrected chi connectivity index (χ3v) is 9.09. The second-order valence-electron chi connectivity index (χ2n) is 10.8. The molecule has 36 heavy (non-hydrogen) atoms. The Morgan fingerprint density at radius 2 is 1.58 bits per heavy atom. The van der Waals surface area contributed by atoms with Crippen molar-refractivity contribution in [2.24, 2.45) is 0 Å². The van der Waals surface area contributed by atoms with Crippen molar-refractivity contribution < 1.29 is 13.7 Å². The number of hydrogen-bond donors (Lipinski definition) is 0. The maximum atomic E-state index is 6.48. The first-order chi connectivity index (χ1) is 17.3. The summed E-state index contributed by atoms with van der Waals surface area (Å²) in [6, 6.07) is 21.6. The van der Waals surface area contributed by atoms with Gasteiger partial charge in [0, 0.05) is 20.7 Å². The molecule has 1 saturated heterocycles. The summed E-state index contributed by atoms with van der Waals surface area (Å²) in [4.78, 5) is 4.73. The van der Waals surface area contributed by atoms with Crippen molar-refractivity contribution in [2.45, 2.75) is 61.5 Å². The Labute approximate surface area is 216 Å². The van der Waals surface area contributed by atoms with Crippen LogP contribution in [0.15, 0.2) is 80.9 Å². The molecule has 0 atom stereocenters. The number of allylic oxidation sites excluding steroid dienone is 1. The van der Waals surface area contributed by atoms with Crippen molar-refractivity contribution in [1.82, 2.24) is 0 Å². The number of aryl methyl sites for hydroxylation is 1. The van der Waals surface area contributed by atoms with Crippen LogP contribution in [0, 0.1) is 0 Å². The first kappa shape index (κ1) is 22.3. The van der Waals surface area contributed by atoms with Crippen molar-refractivity contribution in [3.63, 3.8) is 0 Å². The van der Waals surface area contributed by atoms with Crippen LogP contribution in [0.5, 0.6) is 0 Å². The molecule has 1 aromatic heterocycles. The van der Waals surface area contributed by atoms with Crippen LogP contribution in [0.1, 0.15) is 45.4 Å². The van der Waals surface area contributed by atoms with Crippen LogP contribution in [0.3, 0.4) is 0 Å². The fourth-order valence-electron chi connectivity index (χ4n) is 5.32. The van der Waals surface area contributed by atoms with Crippen LogP contribution < -0.4 is 10.4 Å². The molecule has 0 saturated carbocycles. The number of para-hydroxylation sites is 2. The number of fused-ring (bicyclic) bond motifs is 5. The van der Waals surface area contributed by atoms with Gasteiger partial charge in [0.05, 0.1) is 28.3 Å². The molecule has 0 spiro atoms. The fraction of sp³-hybridized carbons (Fsp3) is 0.267. The van der Waals surface area contributed by atoms with E-state index in [2.05, 4.69) is 105 Å². The minimum Gasteiger partial charge on any atom is -0.454 e. The average molecular weight is 493 g/mol. The quantitative estimate of drug-likeness (QED) is 0.236. The summed E-state index contributed by atoms with van der Waals surface area (Å²) in [6.07, 6.45) is 6.39. The Kier molecular flexibility index (Phi) is 4.82. The zero-order valence-corrected chi connectivity index (χ0v) is 21.8. The van der Waals surface area contributed by atoms with Gasteiger partial charge in [0.25, 0.3) is 0 Å². The lowest BCUT2D eigenvalue weighted by Gasteiger charge is -2.33. The summed E-state index contributed by atoms with van der Waals surface area (Å²) < 4.78 is 19.2. The van der Waals surface area contributed by atoms with E-state index in [-0.39, 0.29) is 11.2 Å². The Bertz CT molecular complexity index is 1540. The van der Waals surface area contributed by atoms with Gasteiger partial charge in [-0.05, 0) is 82.4 Å². The molecule has 0 radical (unpaired) electrons. The van der Waals surface area contributed by atoms with Crippen LogP contribution in [0.4, 0.5) is 17.1 Å². The maximum Gasteiger partial charge on any atom is 0.494 e. The van der Waals surface area contributed by atoms with E-state index in [0.29, 0.717) is 0 Å². The van der Waals surface area contributed by atoms with Crippen molar-refractivity contribution in [2.75, 3.05) is 4.90 Å². The predicted octanol–water partition coefficient (Wildman–Crippen LogP) is 7.63. The molecule has 3 heterocycles. The molecule has 4 aromatic rings. The highest BCUT2D eigenvalue weighted by atomic mass is 32.2. The van der Waals surface area contributed by atoms with Crippen molar-refractivity contribution in [1.29, 1.82) is 0 Å². The van der Waals surface area contributed by atoms with Crippen LogP contribution in [0.2, 0.25) is 0 Å². The first-order valence-electron chi connectivity index (χ1n) is 12.6. The standard InChI is InChI=1S/C30H28BNO3S/c1-29(2)30(3,4)35-31(34-29)19-16-17-23-27(18-19)36-26-15-8-6-12-22(26)32(23)24-13-9-11-21-20-10-5-7-14-25(20)33-28(21)24/h6-9,11-18H,5,10H2,1-4H3. The van der Waals surface area contributed by atoms with Gasteiger partial charge in [0.15, 0.2) is 5.58 Å². The lowest BCUT2D eigenvalue weighted by Crippen LogP contribution is -2.41. The van der Waals surface area contributed by atoms with E-state index < -0.39 is 7.12 Å². The van der Waals surface area contributed by atoms with E-state index in [1.165, 1.54) is 20.7 Å². The monoisotopic (exact) mass is 493 g/mol. The Morgan fingerprint density at radius 3 is 2.42 bits per heavy atom. The van der Waals surface area contributed by atoms with E-state index in [4.69, 9.17) is 13.7 Å².